The SMILES string of the molecule is O=C(COC(=O)COc1ccc2c(c1)CCC2)NC(=O)Nc1ccccc1F. The number of urea groups is 1. The van der Waals surface area contributed by atoms with Crippen LogP contribution in [0.2, 0.25) is 0 Å². The van der Waals surface area contributed by atoms with Gasteiger partial charge in [-0.25, -0.2) is 14.0 Å². The van der Waals surface area contributed by atoms with Crippen LogP contribution in [-0.2, 0) is 27.2 Å². The maximum Gasteiger partial charge on any atom is 0.344 e. The molecule has 0 aliphatic heterocycles. The van der Waals surface area contributed by atoms with Crippen LogP contribution in [0.4, 0.5) is 14.9 Å². The molecule has 0 bridgehead atoms. The van der Waals surface area contributed by atoms with E-state index in [-0.39, 0.29) is 12.3 Å². The minimum absolute atomic E-state index is 0.0764. The zero-order valence-electron chi connectivity index (χ0n) is 15.0. The van der Waals surface area contributed by atoms with Gasteiger partial charge in [-0.15, -0.1) is 0 Å². The molecule has 0 atom stereocenters. The first-order valence-corrected chi connectivity index (χ1v) is 8.77. The highest BCUT2D eigenvalue weighted by Gasteiger charge is 2.14. The number of imide groups is 1. The molecular formula is C20H19FN2O5. The standard InChI is InChI=1S/C20H19FN2O5/c21-16-6-1-2-7-17(16)22-20(26)23-18(24)11-28-19(25)12-27-15-9-8-13-4-3-5-14(13)10-15/h1-2,6-10H,3-5,11-12H2,(H2,22,23,24,26). The number of nitrogens with one attached hydrogen (secondary N) is 2. The highest BCUT2D eigenvalue weighted by atomic mass is 19.1. The van der Waals surface area contributed by atoms with Crippen molar-refractivity contribution < 1.29 is 28.2 Å². The van der Waals surface area contributed by atoms with Crippen molar-refractivity contribution in [3.8, 4) is 5.75 Å². The van der Waals surface area contributed by atoms with Crippen LogP contribution in [0.3, 0.4) is 0 Å². The molecule has 0 saturated carbocycles. The number of rotatable bonds is 6. The number of hydrogen-bond donors (Lipinski definition) is 2. The first kappa shape index (κ1) is 19.3. The number of esters is 1. The number of carbonyl (C=O) groups excluding carboxylic acids is 3. The Morgan fingerprint density at radius 2 is 1.79 bits per heavy atom. The van der Waals surface area contributed by atoms with Crippen molar-refractivity contribution in [1.82, 2.24) is 5.32 Å². The van der Waals surface area contributed by atoms with Crippen molar-refractivity contribution in [2.45, 2.75) is 19.3 Å². The van der Waals surface area contributed by atoms with Gasteiger partial charge < -0.3 is 14.8 Å². The van der Waals surface area contributed by atoms with E-state index in [0.717, 1.165) is 19.3 Å². The molecule has 0 heterocycles. The van der Waals surface area contributed by atoms with Gasteiger partial charge in [0.15, 0.2) is 13.2 Å². The van der Waals surface area contributed by atoms with Crippen LogP contribution >= 0.6 is 0 Å². The number of amides is 3. The van der Waals surface area contributed by atoms with Gasteiger partial charge in [-0.1, -0.05) is 18.2 Å². The molecule has 0 saturated heterocycles. The predicted molar refractivity (Wildman–Crippen MR) is 98.5 cm³/mol. The second kappa shape index (κ2) is 8.98. The molecular weight excluding hydrogens is 367 g/mol. The van der Waals surface area contributed by atoms with Crippen molar-refractivity contribution in [2.24, 2.45) is 0 Å². The van der Waals surface area contributed by atoms with E-state index in [1.165, 1.54) is 35.4 Å². The van der Waals surface area contributed by atoms with Crippen LogP contribution in [0.5, 0.6) is 5.75 Å². The normalized spacial score (nSPS) is 12.0. The molecule has 2 N–H and O–H groups in total. The molecule has 7 nitrogen and oxygen atoms in total. The van der Waals surface area contributed by atoms with Crippen LogP contribution in [0.1, 0.15) is 17.5 Å². The zero-order valence-corrected chi connectivity index (χ0v) is 15.0. The van der Waals surface area contributed by atoms with Crippen LogP contribution in [0, 0.1) is 5.82 Å². The molecule has 1 aliphatic rings. The van der Waals surface area contributed by atoms with Crippen molar-refractivity contribution >= 4 is 23.6 Å². The number of benzene rings is 2. The minimum Gasteiger partial charge on any atom is -0.482 e. The smallest absolute Gasteiger partial charge is 0.344 e. The average Bonchev–Trinajstić information content (AvgIpc) is 3.14. The summed E-state index contributed by atoms with van der Waals surface area (Å²) in [6.07, 6.45) is 3.16. The molecule has 8 heteroatoms. The lowest BCUT2D eigenvalue weighted by atomic mass is 10.1. The summed E-state index contributed by atoms with van der Waals surface area (Å²) in [6, 6.07) is 10.2. The Hall–Kier alpha value is -3.42. The maximum atomic E-state index is 13.4. The fraction of sp³-hybridized carbons (Fsp3) is 0.250. The molecule has 0 spiro atoms. The number of aryl methyl sites for hydroxylation is 2. The Labute approximate surface area is 160 Å². The van der Waals surface area contributed by atoms with Gasteiger partial charge in [0, 0.05) is 0 Å². The van der Waals surface area contributed by atoms with Gasteiger partial charge in [0.25, 0.3) is 5.91 Å². The highest BCUT2D eigenvalue weighted by molar-refractivity contribution is 6.01. The second-order valence-corrected chi connectivity index (χ2v) is 6.22. The molecule has 0 radical (unpaired) electrons. The summed E-state index contributed by atoms with van der Waals surface area (Å²) < 4.78 is 23.6. The van der Waals surface area contributed by atoms with Gasteiger partial charge >= 0.3 is 12.0 Å². The van der Waals surface area contributed by atoms with Crippen molar-refractivity contribution in [2.75, 3.05) is 18.5 Å². The van der Waals surface area contributed by atoms with Gasteiger partial charge in [0.1, 0.15) is 11.6 Å². The van der Waals surface area contributed by atoms with E-state index in [1.54, 1.807) is 6.07 Å². The summed E-state index contributed by atoms with van der Waals surface area (Å²) in [5, 5.41) is 4.12. The summed E-state index contributed by atoms with van der Waals surface area (Å²) in [4.78, 5) is 35.0. The Bertz CT molecular complexity index is 900. The van der Waals surface area contributed by atoms with Gasteiger partial charge in [0.2, 0.25) is 0 Å². The van der Waals surface area contributed by atoms with Gasteiger partial charge in [-0.3, -0.25) is 10.1 Å². The Balaban J connectivity index is 1.37. The number of fused-ring (bicyclic) bond motifs is 1. The number of hydrogen-bond acceptors (Lipinski definition) is 5. The molecule has 146 valence electrons. The van der Waals surface area contributed by atoms with Crippen LogP contribution in [-0.4, -0.2) is 31.1 Å². The van der Waals surface area contributed by atoms with Crippen molar-refractivity contribution in [3.05, 3.63) is 59.4 Å². The number of anilines is 1. The summed E-state index contributed by atoms with van der Waals surface area (Å²) in [5.41, 5.74) is 2.43. The summed E-state index contributed by atoms with van der Waals surface area (Å²) in [6.45, 7) is -1.01. The number of para-hydroxylation sites is 1. The molecule has 2 aromatic carbocycles. The zero-order chi connectivity index (χ0) is 19.9. The van der Waals surface area contributed by atoms with Gasteiger partial charge in [0.05, 0.1) is 5.69 Å². The summed E-state index contributed by atoms with van der Waals surface area (Å²) >= 11 is 0. The molecule has 1 aliphatic carbocycles. The molecule has 3 rings (SSSR count). The average molecular weight is 386 g/mol. The third-order valence-electron chi connectivity index (χ3n) is 4.17. The second-order valence-electron chi connectivity index (χ2n) is 6.22. The highest BCUT2D eigenvalue weighted by Crippen LogP contribution is 2.25. The van der Waals surface area contributed by atoms with Gasteiger partial charge in [-0.2, -0.15) is 0 Å². The first-order valence-electron chi connectivity index (χ1n) is 8.77. The van der Waals surface area contributed by atoms with E-state index >= 15 is 0 Å². The summed E-state index contributed by atoms with van der Waals surface area (Å²) in [7, 11) is 0. The lowest BCUT2D eigenvalue weighted by molar-refractivity contribution is -0.150. The molecule has 28 heavy (non-hydrogen) atoms. The van der Waals surface area contributed by atoms with Crippen molar-refractivity contribution in [3.63, 3.8) is 0 Å². The minimum atomic E-state index is -0.930. The first-order chi connectivity index (χ1) is 13.5. The van der Waals surface area contributed by atoms with Crippen LogP contribution in [0.25, 0.3) is 0 Å². The van der Waals surface area contributed by atoms with Crippen molar-refractivity contribution in [1.29, 1.82) is 0 Å². The number of carbonyl (C=O) groups is 3. The van der Waals surface area contributed by atoms with Crippen LogP contribution < -0.4 is 15.4 Å². The third-order valence-corrected chi connectivity index (χ3v) is 4.17. The Morgan fingerprint density at radius 3 is 2.61 bits per heavy atom. The Morgan fingerprint density at radius 1 is 1.00 bits per heavy atom. The van der Waals surface area contributed by atoms with E-state index in [4.69, 9.17) is 9.47 Å². The Kier molecular flexibility index (Phi) is 6.21. The van der Waals surface area contributed by atoms with E-state index < -0.39 is 30.3 Å². The molecule has 2 aromatic rings. The molecule has 0 unspecified atom stereocenters. The topological polar surface area (TPSA) is 93.7 Å². The fourth-order valence-electron chi connectivity index (χ4n) is 2.85. The van der Waals surface area contributed by atoms with E-state index in [9.17, 15) is 18.8 Å². The van der Waals surface area contributed by atoms with Crippen LogP contribution in [0.15, 0.2) is 42.5 Å². The lowest BCUT2D eigenvalue weighted by Gasteiger charge is -2.09. The van der Waals surface area contributed by atoms with E-state index in [2.05, 4.69) is 5.32 Å². The van der Waals surface area contributed by atoms with Gasteiger partial charge in [-0.05, 0) is 54.7 Å². The molecule has 0 aromatic heterocycles. The third kappa shape index (κ3) is 5.29. The quantitative estimate of drug-likeness (QED) is 0.745. The predicted octanol–water partition coefficient (Wildman–Crippen LogP) is 2.58. The maximum absolute atomic E-state index is 13.4. The molecule has 3 amide bonds. The number of ether oxygens (including phenoxy) is 2. The van der Waals surface area contributed by atoms with E-state index in [0.29, 0.717) is 5.75 Å². The summed E-state index contributed by atoms with van der Waals surface area (Å²) in [5.74, 6) is -1.67. The lowest BCUT2D eigenvalue weighted by Crippen LogP contribution is -2.37. The monoisotopic (exact) mass is 386 g/mol. The molecule has 0 fully saturated rings. The fourth-order valence-corrected chi connectivity index (χ4v) is 2.85. The largest absolute Gasteiger partial charge is 0.482 e. The number of halogens is 1. The van der Waals surface area contributed by atoms with E-state index in [1.807, 2.05) is 17.4 Å².